The highest BCUT2D eigenvalue weighted by molar-refractivity contribution is 7.99. The highest BCUT2D eigenvalue weighted by Gasteiger charge is 2.75. The Balaban J connectivity index is 1.60. The minimum Gasteiger partial charge on any atom is -0.331 e. The fourth-order valence-electron chi connectivity index (χ4n) is 2.91. The zero-order valence-electron chi connectivity index (χ0n) is 10.4. The molecule has 1 atom stereocenters. The summed E-state index contributed by atoms with van der Waals surface area (Å²) in [6.07, 6.45) is 2.30. The third kappa shape index (κ3) is 1.56. The van der Waals surface area contributed by atoms with E-state index in [0.29, 0.717) is 5.91 Å². The number of hydrogen-bond acceptors (Lipinski definition) is 4. The van der Waals surface area contributed by atoms with E-state index in [1.165, 1.54) is 0 Å². The molecule has 1 saturated heterocycles. The first-order chi connectivity index (χ1) is 8.71. The van der Waals surface area contributed by atoms with Gasteiger partial charge in [-0.2, -0.15) is 11.8 Å². The van der Waals surface area contributed by atoms with Crippen molar-refractivity contribution in [2.24, 2.45) is 11.3 Å². The predicted octanol–water partition coefficient (Wildman–Crippen LogP) is 2.48. The summed E-state index contributed by atoms with van der Waals surface area (Å²) < 4.78 is 0. The van der Waals surface area contributed by atoms with E-state index in [9.17, 15) is 4.79 Å². The molecule has 2 saturated carbocycles. The molecular weight excluding hydrogens is 264 g/mol. The summed E-state index contributed by atoms with van der Waals surface area (Å²) in [5.41, 5.74) is 1.18. The van der Waals surface area contributed by atoms with Crippen LogP contribution in [0.5, 0.6) is 0 Å². The number of hydrogen-bond donors (Lipinski definition) is 0. The van der Waals surface area contributed by atoms with Crippen LogP contribution in [0.1, 0.15) is 29.6 Å². The second kappa shape index (κ2) is 3.73. The molecule has 5 heteroatoms. The van der Waals surface area contributed by atoms with Crippen LogP contribution in [0, 0.1) is 18.3 Å². The van der Waals surface area contributed by atoms with Gasteiger partial charge in [-0.3, -0.25) is 4.79 Å². The Hall–Kier alpha value is -0.550. The topological polar surface area (TPSA) is 33.2 Å². The molecule has 0 N–H and O–H groups in total. The molecule has 96 valence electrons. The molecule has 1 aromatic rings. The van der Waals surface area contributed by atoms with Crippen LogP contribution in [0.15, 0.2) is 5.38 Å². The van der Waals surface area contributed by atoms with E-state index in [4.69, 9.17) is 0 Å². The zero-order chi connectivity index (χ0) is 12.3. The van der Waals surface area contributed by atoms with Gasteiger partial charge in [-0.25, -0.2) is 4.98 Å². The van der Waals surface area contributed by atoms with Crippen LogP contribution in [-0.2, 0) is 4.79 Å². The maximum absolute atomic E-state index is 12.6. The number of thioether (sulfide) groups is 1. The van der Waals surface area contributed by atoms with Gasteiger partial charge in [0.2, 0.25) is 5.91 Å². The van der Waals surface area contributed by atoms with Crippen LogP contribution in [0.3, 0.4) is 0 Å². The Labute approximate surface area is 115 Å². The Morgan fingerprint density at radius 1 is 1.56 bits per heavy atom. The fourth-order valence-corrected chi connectivity index (χ4v) is 4.98. The maximum Gasteiger partial charge on any atom is 0.229 e. The van der Waals surface area contributed by atoms with Crippen molar-refractivity contribution in [2.75, 3.05) is 18.1 Å². The first-order valence-electron chi connectivity index (χ1n) is 6.51. The summed E-state index contributed by atoms with van der Waals surface area (Å²) >= 11 is 3.65. The molecule has 0 aromatic carbocycles. The highest BCUT2D eigenvalue weighted by atomic mass is 32.2. The smallest absolute Gasteiger partial charge is 0.229 e. The van der Waals surface area contributed by atoms with Crippen molar-refractivity contribution in [1.29, 1.82) is 0 Å². The van der Waals surface area contributed by atoms with E-state index in [-0.39, 0.29) is 11.5 Å². The standard InChI is InChI=1S/C13H16N2OS2/c1-8-6-18-11(14-8)10-7-17-3-2-15(10)12(16)13-4-9(13)5-13/h6,9-10H,2-5,7H2,1H3. The summed E-state index contributed by atoms with van der Waals surface area (Å²) in [6.45, 7) is 2.93. The Kier molecular flexibility index (Phi) is 2.34. The SMILES string of the molecule is Cc1csc(C2CSCCN2C(=O)C23CC2C3)n1. The van der Waals surface area contributed by atoms with Gasteiger partial charge < -0.3 is 4.90 Å². The number of aryl methyl sites for hydroxylation is 1. The van der Waals surface area contributed by atoms with Crippen LogP contribution in [0.4, 0.5) is 0 Å². The van der Waals surface area contributed by atoms with E-state index in [1.807, 2.05) is 18.7 Å². The molecule has 1 aromatic heterocycles. The molecule has 18 heavy (non-hydrogen) atoms. The highest BCUT2D eigenvalue weighted by Crippen LogP contribution is 2.76. The molecule has 3 aliphatic rings. The van der Waals surface area contributed by atoms with E-state index in [0.717, 1.165) is 47.5 Å². The minimum atomic E-state index is 0.104. The van der Waals surface area contributed by atoms with Crippen LogP contribution < -0.4 is 0 Å². The molecule has 2 aliphatic carbocycles. The molecule has 0 radical (unpaired) electrons. The van der Waals surface area contributed by atoms with Gasteiger partial charge in [0.25, 0.3) is 0 Å². The van der Waals surface area contributed by atoms with Crippen molar-refractivity contribution < 1.29 is 4.79 Å². The van der Waals surface area contributed by atoms with Crippen LogP contribution in [-0.4, -0.2) is 33.8 Å². The number of nitrogens with zero attached hydrogens (tertiary/aromatic N) is 2. The number of fused-ring (bicyclic) bond motifs is 1. The van der Waals surface area contributed by atoms with E-state index >= 15 is 0 Å². The third-order valence-electron chi connectivity index (χ3n) is 4.42. The van der Waals surface area contributed by atoms with Gasteiger partial charge in [-0.05, 0) is 25.7 Å². The second-order valence-electron chi connectivity index (χ2n) is 5.68. The lowest BCUT2D eigenvalue weighted by atomic mass is 10.1. The summed E-state index contributed by atoms with van der Waals surface area (Å²) in [6, 6.07) is 0.228. The summed E-state index contributed by atoms with van der Waals surface area (Å²) in [4.78, 5) is 19.3. The molecule has 3 fully saturated rings. The van der Waals surface area contributed by atoms with Crippen molar-refractivity contribution >= 4 is 29.0 Å². The normalized spacial score (nSPS) is 37.3. The summed E-state index contributed by atoms with van der Waals surface area (Å²) in [5.74, 6) is 3.25. The van der Waals surface area contributed by atoms with Crippen molar-refractivity contribution in [3.05, 3.63) is 16.1 Å². The molecule has 0 bridgehead atoms. The monoisotopic (exact) mass is 280 g/mol. The van der Waals surface area contributed by atoms with E-state index in [1.54, 1.807) is 11.3 Å². The number of carbonyl (C=O) groups is 1. The molecule has 2 heterocycles. The predicted molar refractivity (Wildman–Crippen MR) is 73.8 cm³/mol. The van der Waals surface area contributed by atoms with Gasteiger partial charge >= 0.3 is 0 Å². The quantitative estimate of drug-likeness (QED) is 0.834. The average Bonchev–Trinajstić information content (AvgIpc) is 3.19. The molecule has 4 rings (SSSR count). The first-order valence-corrected chi connectivity index (χ1v) is 8.55. The van der Waals surface area contributed by atoms with Gasteiger partial charge in [-0.1, -0.05) is 0 Å². The fraction of sp³-hybridized carbons (Fsp3) is 0.692. The largest absolute Gasteiger partial charge is 0.331 e. The van der Waals surface area contributed by atoms with Crippen LogP contribution in [0.25, 0.3) is 0 Å². The molecular formula is C13H16N2OS2. The Morgan fingerprint density at radius 2 is 2.33 bits per heavy atom. The number of amides is 1. The molecule has 3 nitrogen and oxygen atoms in total. The third-order valence-corrected chi connectivity index (χ3v) is 6.51. The summed E-state index contributed by atoms with van der Waals surface area (Å²) in [7, 11) is 0. The van der Waals surface area contributed by atoms with Gasteiger partial charge in [0, 0.05) is 29.1 Å². The van der Waals surface area contributed by atoms with Crippen LogP contribution in [0.2, 0.25) is 0 Å². The molecule has 1 aliphatic heterocycles. The molecule has 1 unspecified atom stereocenters. The average molecular weight is 280 g/mol. The number of carbonyl (C=O) groups excluding carboxylic acids is 1. The van der Waals surface area contributed by atoms with Crippen molar-refractivity contribution in [2.45, 2.75) is 25.8 Å². The van der Waals surface area contributed by atoms with Gasteiger partial charge in [0.1, 0.15) is 5.01 Å². The van der Waals surface area contributed by atoms with Crippen molar-refractivity contribution in [3.8, 4) is 0 Å². The molecule has 0 spiro atoms. The lowest BCUT2D eigenvalue weighted by Crippen LogP contribution is -2.42. The number of thiazole rings is 1. The lowest BCUT2D eigenvalue weighted by molar-refractivity contribution is -0.136. The van der Waals surface area contributed by atoms with Crippen LogP contribution >= 0.6 is 23.1 Å². The van der Waals surface area contributed by atoms with Crippen molar-refractivity contribution in [3.63, 3.8) is 0 Å². The Morgan fingerprint density at radius 3 is 2.94 bits per heavy atom. The van der Waals surface area contributed by atoms with Gasteiger partial charge in [0.15, 0.2) is 0 Å². The summed E-state index contributed by atoms with van der Waals surface area (Å²) in [5, 5.41) is 3.22. The van der Waals surface area contributed by atoms with Gasteiger partial charge in [0.05, 0.1) is 11.5 Å². The second-order valence-corrected chi connectivity index (χ2v) is 7.72. The number of rotatable bonds is 2. The Bertz CT molecular complexity index is 507. The molecule has 1 amide bonds. The van der Waals surface area contributed by atoms with E-state index in [2.05, 4.69) is 15.3 Å². The van der Waals surface area contributed by atoms with Gasteiger partial charge in [-0.15, -0.1) is 11.3 Å². The van der Waals surface area contributed by atoms with Crippen molar-refractivity contribution in [1.82, 2.24) is 9.88 Å². The lowest BCUT2D eigenvalue weighted by Gasteiger charge is -2.35. The zero-order valence-corrected chi connectivity index (χ0v) is 12.0. The minimum absolute atomic E-state index is 0.104. The first kappa shape index (κ1) is 11.3. The maximum atomic E-state index is 12.6. The van der Waals surface area contributed by atoms with E-state index < -0.39 is 0 Å². The number of aromatic nitrogens is 1.